The first-order valence-electron chi connectivity index (χ1n) is 8.64. The molecule has 1 aliphatic carbocycles. The van der Waals surface area contributed by atoms with Crippen LogP contribution < -0.4 is 10.3 Å². The van der Waals surface area contributed by atoms with Gasteiger partial charge in [-0.1, -0.05) is 25.7 Å². The molecule has 0 bridgehead atoms. The van der Waals surface area contributed by atoms with Crippen molar-refractivity contribution in [1.29, 1.82) is 0 Å². The van der Waals surface area contributed by atoms with E-state index < -0.39 is 35.5 Å². The van der Waals surface area contributed by atoms with Crippen LogP contribution in [0.5, 0.6) is 11.8 Å². The van der Waals surface area contributed by atoms with Crippen molar-refractivity contribution in [2.24, 2.45) is 5.92 Å². The van der Waals surface area contributed by atoms with Gasteiger partial charge in [-0.2, -0.15) is 23.3 Å². The molecular weight excluding hydrogens is 381 g/mol. The molecule has 1 N–H and O–H groups in total. The number of carbonyl (C=O) groups is 1. The minimum atomic E-state index is -4.67. The third kappa shape index (κ3) is 4.65. The van der Waals surface area contributed by atoms with Crippen LogP contribution in [0, 0.1) is 5.92 Å². The molecule has 28 heavy (non-hydrogen) atoms. The number of carboxylic acid groups (broad SMARTS) is 1. The average Bonchev–Trinajstić information content (AvgIpc) is 3.13. The minimum Gasteiger partial charge on any atom is -0.480 e. The van der Waals surface area contributed by atoms with Crippen LogP contribution in [0.15, 0.2) is 29.3 Å². The van der Waals surface area contributed by atoms with E-state index in [1.807, 2.05) is 0 Å². The van der Waals surface area contributed by atoms with Crippen molar-refractivity contribution in [2.75, 3.05) is 0 Å². The highest BCUT2D eigenvalue weighted by molar-refractivity contribution is 5.71. The number of halogens is 3. The standard InChI is InChI=1S/C17H17F3N4O4/c18-17(19,20)13-5-6-21-16(23-13)28-11-8-14(25)24(22-9-11)12(15(26)27)7-10-3-1-2-4-10/h5-6,8-10,12H,1-4,7H2,(H,26,27). The van der Waals surface area contributed by atoms with Gasteiger partial charge in [-0.05, 0) is 18.4 Å². The normalized spacial score (nSPS) is 16.1. The summed E-state index contributed by atoms with van der Waals surface area (Å²) in [6, 6.07) is -0.0888. The summed E-state index contributed by atoms with van der Waals surface area (Å²) in [5, 5.41) is 13.3. The van der Waals surface area contributed by atoms with Crippen molar-refractivity contribution in [1.82, 2.24) is 19.7 Å². The van der Waals surface area contributed by atoms with Gasteiger partial charge < -0.3 is 9.84 Å². The lowest BCUT2D eigenvalue weighted by Gasteiger charge is -2.18. The fourth-order valence-electron chi connectivity index (χ4n) is 3.21. The predicted octanol–water partition coefficient (Wildman–Crippen LogP) is 3.05. The molecule has 2 heterocycles. The van der Waals surface area contributed by atoms with E-state index >= 15 is 0 Å². The summed E-state index contributed by atoms with van der Waals surface area (Å²) in [5.74, 6) is -1.15. The summed E-state index contributed by atoms with van der Waals surface area (Å²) in [7, 11) is 0. The van der Waals surface area contributed by atoms with Crippen LogP contribution in [-0.2, 0) is 11.0 Å². The van der Waals surface area contributed by atoms with E-state index in [-0.39, 0.29) is 11.7 Å². The maximum atomic E-state index is 12.7. The first-order valence-corrected chi connectivity index (χ1v) is 8.64. The van der Waals surface area contributed by atoms with Gasteiger partial charge in [0.15, 0.2) is 17.5 Å². The molecule has 1 saturated carbocycles. The SMILES string of the molecule is O=C(O)C(CC1CCCC1)n1ncc(Oc2nccc(C(F)(F)F)n2)cc1=O. The Morgan fingerprint density at radius 2 is 2.07 bits per heavy atom. The summed E-state index contributed by atoms with van der Waals surface area (Å²) >= 11 is 0. The Morgan fingerprint density at radius 1 is 1.36 bits per heavy atom. The lowest BCUT2D eigenvalue weighted by Crippen LogP contribution is -2.32. The van der Waals surface area contributed by atoms with E-state index in [1.165, 1.54) is 0 Å². The van der Waals surface area contributed by atoms with Crippen LogP contribution in [-0.4, -0.2) is 30.8 Å². The number of hydrogen-bond donors (Lipinski definition) is 1. The maximum absolute atomic E-state index is 12.7. The highest BCUT2D eigenvalue weighted by Crippen LogP contribution is 2.32. The molecule has 150 valence electrons. The molecular formula is C17H17F3N4O4. The number of hydrogen-bond acceptors (Lipinski definition) is 6. The number of nitrogens with zero attached hydrogens (tertiary/aromatic N) is 4. The molecule has 0 spiro atoms. The smallest absolute Gasteiger partial charge is 0.433 e. The molecule has 0 aliphatic heterocycles. The summed E-state index contributed by atoms with van der Waals surface area (Å²) in [4.78, 5) is 30.7. The fourth-order valence-corrected chi connectivity index (χ4v) is 3.21. The van der Waals surface area contributed by atoms with Crippen molar-refractivity contribution < 1.29 is 27.8 Å². The molecule has 3 rings (SSSR count). The van der Waals surface area contributed by atoms with E-state index in [2.05, 4.69) is 15.1 Å². The fraction of sp³-hybridized carbons (Fsp3) is 0.471. The molecule has 1 unspecified atom stereocenters. The molecule has 0 aromatic carbocycles. The van der Waals surface area contributed by atoms with Crippen molar-refractivity contribution in [2.45, 2.75) is 44.3 Å². The predicted molar refractivity (Wildman–Crippen MR) is 88.9 cm³/mol. The van der Waals surface area contributed by atoms with Crippen molar-refractivity contribution in [3.8, 4) is 11.8 Å². The average molecular weight is 398 g/mol. The van der Waals surface area contributed by atoms with Gasteiger partial charge in [-0.3, -0.25) is 4.79 Å². The summed E-state index contributed by atoms with van der Waals surface area (Å²) < 4.78 is 44.0. The highest BCUT2D eigenvalue weighted by atomic mass is 19.4. The summed E-state index contributed by atoms with van der Waals surface area (Å²) in [6.45, 7) is 0. The lowest BCUT2D eigenvalue weighted by atomic mass is 9.98. The molecule has 0 saturated heterocycles. The molecule has 2 aromatic rings. The van der Waals surface area contributed by atoms with Crippen molar-refractivity contribution >= 4 is 5.97 Å². The number of alkyl halides is 3. The van der Waals surface area contributed by atoms with Crippen molar-refractivity contribution in [3.05, 3.63) is 40.6 Å². The molecule has 1 atom stereocenters. The second kappa shape index (κ2) is 7.95. The van der Waals surface area contributed by atoms with E-state index in [0.717, 1.165) is 48.8 Å². The third-order valence-corrected chi connectivity index (χ3v) is 4.55. The maximum Gasteiger partial charge on any atom is 0.433 e. The number of rotatable bonds is 6. The van der Waals surface area contributed by atoms with E-state index in [4.69, 9.17) is 4.74 Å². The Morgan fingerprint density at radius 3 is 2.68 bits per heavy atom. The van der Waals surface area contributed by atoms with Gasteiger partial charge in [-0.15, -0.1) is 0 Å². The first-order chi connectivity index (χ1) is 13.2. The van der Waals surface area contributed by atoms with Crippen LogP contribution in [0.2, 0.25) is 0 Å². The molecule has 0 radical (unpaired) electrons. The third-order valence-electron chi connectivity index (χ3n) is 4.55. The number of carboxylic acids is 1. The van der Waals surface area contributed by atoms with Gasteiger partial charge in [0.05, 0.1) is 6.20 Å². The second-order valence-corrected chi connectivity index (χ2v) is 6.54. The van der Waals surface area contributed by atoms with Crippen LogP contribution in [0.25, 0.3) is 0 Å². The molecule has 11 heteroatoms. The minimum absolute atomic E-state index is 0.189. The molecule has 8 nitrogen and oxygen atoms in total. The van der Waals surface area contributed by atoms with Gasteiger partial charge >= 0.3 is 18.2 Å². The van der Waals surface area contributed by atoms with Crippen LogP contribution in [0.1, 0.15) is 43.8 Å². The lowest BCUT2D eigenvalue weighted by molar-refractivity contribution is -0.142. The Hall–Kier alpha value is -2.98. The van der Waals surface area contributed by atoms with Gasteiger partial charge in [-0.25, -0.2) is 14.5 Å². The number of aliphatic carboxylic acids is 1. The molecule has 2 aromatic heterocycles. The van der Waals surface area contributed by atoms with E-state index in [9.17, 15) is 27.9 Å². The molecule has 1 aliphatic rings. The molecule has 0 amide bonds. The topological polar surface area (TPSA) is 107 Å². The van der Waals surface area contributed by atoms with E-state index in [1.54, 1.807) is 0 Å². The first kappa shape index (κ1) is 19.8. The Balaban J connectivity index is 1.80. The quantitative estimate of drug-likeness (QED) is 0.797. The second-order valence-electron chi connectivity index (χ2n) is 6.54. The zero-order chi connectivity index (χ0) is 20.3. The van der Waals surface area contributed by atoms with Gasteiger partial charge in [0.2, 0.25) is 0 Å². The van der Waals surface area contributed by atoms with Crippen LogP contribution >= 0.6 is 0 Å². The van der Waals surface area contributed by atoms with E-state index in [0.29, 0.717) is 12.5 Å². The van der Waals surface area contributed by atoms with Gasteiger partial charge in [0.1, 0.15) is 0 Å². The highest BCUT2D eigenvalue weighted by Gasteiger charge is 2.33. The zero-order valence-corrected chi connectivity index (χ0v) is 14.6. The molecule has 1 fully saturated rings. The number of ether oxygens (including phenoxy) is 1. The summed E-state index contributed by atoms with van der Waals surface area (Å²) in [6.07, 6.45) is 1.43. The van der Waals surface area contributed by atoms with Crippen LogP contribution in [0.3, 0.4) is 0 Å². The Bertz CT molecular complexity index is 910. The monoisotopic (exact) mass is 398 g/mol. The van der Waals surface area contributed by atoms with Gasteiger partial charge in [0, 0.05) is 12.3 Å². The zero-order valence-electron chi connectivity index (χ0n) is 14.6. The van der Waals surface area contributed by atoms with Crippen molar-refractivity contribution in [3.63, 3.8) is 0 Å². The largest absolute Gasteiger partial charge is 0.480 e. The Kier molecular flexibility index (Phi) is 5.61. The van der Waals surface area contributed by atoms with Crippen LogP contribution in [0.4, 0.5) is 13.2 Å². The van der Waals surface area contributed by atoms with Gasteiger partial charge in [0.25, 0.3) is 5.56 Å². The number of aromatic nitrogens is 4. The Labute approximate surface area is 157 Å². The summed E-state index contributed by atoms with van der Waals surface area (Å²) in [5.41, 5.74) is -1.93.